The highest BCUT2D eigenvalue weighted by Gasteiger charge is 2.02. The predicted octanol–water partition coefficient (Wildman–Crippen LogP) is 2.94. The van der Waals surface area contributed by atoms with Crippen LogP contribution in [0.15, 0.2) is 35.4 Å². The van der Waals surface area contributed by atoms with Gasteiger partial charge in [-0.25, -0.2) is 0 Å². The van der Waals surface area contributed by atoms with Crippen LogP contribution in [0.3, 0.4) is 0 Å². The van der Waals surface area contributed by atoms with Gasteiger partial charge in [0.15, 0.2) is 0 Å². The van der Waals surface area contributed by atoms with Crippen molar-refractivity contribution in [2.24, 2.45) is 0 Å². The third-order valence-corrected chi connectivity index (χ3v) is 2.79. The number of hydrogen-bond donors (Lipinski definition) is 1. The zero-order valence-electron chi connectivity index (χ0n) is 10.9. The second-order valence-corrected chi connectivity index (χ2v) is 4.24. The Labute approximate surface area is 114 Å². The molecule has 0 aromatic heterocycles. The zero-order valence-corrected chi connectivity index (χ0v) is 11.7. The topological polar surface area (TPSA) is 30.5 Å². The molecule has 0 aliphatic carbocycles. The summed E-state index contributed by atoms with van der Waals surface area (Å²) in [7, 11) is 1.69. The minimum atomic E-state index is 0.512. The molecular weight excluding hydrogens is 250 g/mol. The summed E-state index contributed by atoms with van der Waals surface area (Å²) in [5.74, 6) is 0.889. The van der Waals surface area contributed by atoms with Gasteiger partial charge in [0.2, 0.25) is 0 Å². The van der Waals surface area contributed by atoms with E-state index in [1.165, 1.54) is 0 Å². The van der Waals surface area contributed by atoms with Gasteiger partial charge in [0.05, 0.1) is 6.61 Å². The highest BCUT2D eigenvalue weighted by Crippen LogP contribution is 2.18. The minimum Gasteiger partial charge on any atom is -0.489 e. The van der Waals surface area contributed by atoms with E-state index in [4.69, 9.17) is 21.1 Å². The molecule has 0 spiro atoms. The van der Waals surface area contributed by atoms with Gasteiger partial charge in [-0.15, -0.1) is 0 Å². The fourth-order valence-corrected chi connectivity index (χ4v) is 1.47. The molecule has 100 valence electrons. The molecule has 0 aliphatic heterocycles. The summed E-state index contributed by atoms with van der Waals surface area (Å²) in [4.78, 5) is 0. The fraction of sp³-hybridized carbons (Fsp3) is 0.429. The molecule has 0 unspecified atom stereocenters. The first kappa shape index (κ1) is 15.0. The molecule has 0 saturated carbocycles. The van der Waals surface area contributed by atoms with Crippen molar-refractivity contribution in [2.75, 3.05) is 26.9 Å². The Kier molecular flexibility index (Phi) is 7.49. The van der Waals surface area contributed by atoms with E-state index < -0.39 is 0 Å². The Hall–Kier alpha value is -1.03. The van der Waals surface area contributed by atoms with Crippen molar-refractivity contribution >= 4 is 11.6 Å². The summed E-state index contributed by atoms with van der Waals surface area (Å²) in [6, 6.07) is 7.99. The maximum absolute atomic E-state index is 5.72. The average molecular weight is 270 g/mol. The highest BCUT2D eigenvalue weighted by atomic mass is 35.5. The maximum atomic E-state index is 5.72. The highest BCUT2D eigenvalue weighted by molar-refractivity contribution is 6.25. The van der Waals surface area contributed by atoms with Crippen molar-refractivity contribution in [3.8, 4) is 5.75 Å². The van der Waals surface area contributed by atoms with Gasteiger partial charge >= 0.3 is 0 Å². The van der Waals surface area contributed by atoms with Crippen molar-refractivity contribution < 1.29 is 9.47 Å². The number of rotatable bonds is 8. The van der Waals surface area contributed by atoms with Crippen molar-refractivity contribution in [1.29, 1.82) is 0 Å². The zero-order chi connectivity index (χ0) is 13.2. The molecule has 0 bridgehead atoms. The van der Waals surface area contributed by atoms with Gasteiger partial charge in [-0.1, -0.05) is 29.8 Å². The molecular formula is C14H20ClNO2. The number of para-hydroxylation sites is 1. The molecule has 0 amide bonds. The lowest BCUT2D eigenvalue weighted by Gasteiger charge is -2.12. The van der Waals surface area contributed by atoms with Gasteiger partial charge in [0, 0.05) is 31.3 Å². The number of benzene rings is 1. The van der Waals surface area contributed by atoms with Crippen molar-refractivity contribution in [2.45, 2.75) is 13.5 Å². The van der Waals surface area contributed by atoms with Crippen molar-refractivity contribution in [3.05, 3.63) is 40.9 Å². The van der Waals surface area contributed by atoms with Crippen LogP contribution in [0.4, 0.5) is 0 Å². The summed E-state index contributed by atoms with van der Waals surface area (Å²) < 4.78 is 10.7. The van der Waals surface area contributed by atoms with Gasteiger partial charge in [-0.05, 0) is 18.6 Å². The Morgan fingerprint density at radius 1 is 1.39 bits per heavy atom. The number of hydrogen-bond acceptors (Lipinski definition) is 3. The Bertz CT molecular complexity index is 380. The van der Waals surface area contributed by atoms with Crippen LogP contribution in [0.1, 0.15) is 12.5 Å². The lowest BCUT2D eigenvalue weighted by molar-refractivity contribution is 0.199. The molecule has 0 fully saturated rings. The molecule has 1 aromatic carbocycles. The molecule has 4 heteroatoms. The Balaban J connectivity index is 2.51. The lowest BCUT2D eigenvalue weighted by atomic mass is 10.2. The van der Waals surface area contributed by atoms with E-state index in [9.17, 15) is 0 Å². The van der Waals surface area contributed by atoms with E-state index in [-0.39, 0.29) is 0 Å². The molecule has 1 aromatic rings. The van der Waals surface area contributed by atoms with Crippen LogP contribution in [-0.4, -0.2) is 26.9 Å². The first-order valence-corrected chi connectivity index (χ1v) is 6.37. The first-order chi connectivity index (χ1) is 8.77. The second kappa shape index (κ2) is 8.97. The first-order valence-electron chi connectivity index (χ1n) is 5.94. The van der Waals surface area contributed by atoms with Crippen LogP contribution >= 0.6 is 11.6 Å². The smallest absolute Gasteiger partial charge is 0.124 e. The van der Waals surface area contributed by atoms with Gasteiger partial charge in [0.25, 0.3) is 0 Å². The standard InChI is InChI=1S/C14H20ClNO2/c1-12(9-15)11-18-14-6-4-3-5-13(14)10-16-7-8-17-2/h3-6,9,16H,7-8,10-11H2,1-2H3/b12-9+. The van der Waals surface area contributed by atoms with Crippen LogP contribution in [0, 0.1) is 0 Å². The number of nitrogens with one attached hydrogen (secondary N) is 1. The van der Waals surface area contributed by atoms with Gasteiger partial charge in [-0.2, -0.15) is 0 Å². The molecule has 1 N–H and O–H groups in total. The number of methoxy groups -OCH3 is 1. The van der Waals surface area contributed by atoms with Gasteiger partial charge in [0.1, 0.15) is 12.4 Å². The molecule has 0 radical (unpaired) electrons. The van der Waals surface area contributed by atoms with Crippen LogP contribution in [0.25, 0.3) is 0 Å². The minimum absolute atomic E-state index is 0.512. The number of halogens is 1. The van der Waals surface area contributed by atoms with Gasteiger partial charge < -0.3 is 14.8 Å². The predicted molar refractivity (Wildman–Crippen MR) is 75.1 cm³/mol. The van der Waals surface area contributed by atoms with E-state index in [0.717, 1.165) is 30.0 Å². The normalized spacial score (nSPS) is 11.6. The van der Waals surface area contributed by atoms with Crippen LogP contribution in [0.2, 0.25) is 0 Å². The average Bonchev–Trinajstić information content (AvgIpc) is 2.42. The van der Waals surface area contributed by atoms with Crippen LogP contribution in [-0.2, 0) is 11.3 Å². The quantitative estimate of drug-likeness (QED) is 0.736. The molecule has 0 saturated heterocycles. The monoisotopic (exact) mass is 269 g/mol. The Morgan fingerprint density at radius 2 is 2.17 bits per heavy atom. The Morgan fingerprint density at radius 3 is 2.89 bits per heavy atom. The lowest BCUT2D eigenvalue weighted by Crippen LogP contribution is -2.19. The summed E-state index contributed by atoms with van der Waals surface area (Å²) >= 11 is 5.61. The molecule has 0 atom stereocenters. The SMILES string of the molecule is COCCNCc1ccccc1OC/C(C)=C/Cl. The summed E-state index contributed by atoms with van der Waals surface area (Å²) in [5, 5.41) is 3.30. The van der Waals surface area contributed by atoms with Crippen LogP contribution in [0.5, 0.6) is 5.75 Å². The summed E-state index contributed by atoms with van der Waals surface area (Å²) in [6.07, 6.45) is 0. The molecule has 0 heterocycles. The third-order valence-electron chi connectivity index (χ3n) is 2.41. The van der Waals surface area contributed by atoms with E-state index in [1.807, 2.05) is 25.1 Å². The third kappa shape index (κ3) is 5.54. The van der Waals surface area contributed by atoms with Crippen LogP contribution < -0.4 is 10.1 Å². The maximum Gasteiger partial charge on any atom is 0.124 e. The molecule has 3 nitrogen and oxygen atoms in total. The van der Waals surface area contributed by atoms with Crippen molar-refractivity contribution in [1.82, 2.24) is 5.32 Å². The molecule has 0 aliphatic rings. The summed E-state index contributed by atoms with van der Waals surface area (Å²) in [5.41, 5.74) is 3.68. The van der Waals surface area contributed by atoms with E-state index >= 15 is 0 Å². The summed E-state index contributed by atoms with van der Waals surface area (Å²) in [6.45, 7) is 4.75. The second-order valence-electron chi connectivity index (χ2n) is 4.02. The van der Waals surface area contributed by atoms with Gasteiger partial charge in [-0.3, -0.25) is 0 Å². The molecule has 1 rings (SSSR count). The fourth-order valence-electron chi connectivity index (χ4n) is 1.41. The van der Waals surface area contributed by atoms with E-state index in [0.29, 0.717) is 13.2 Å². The number of ether oxygens (including phenoxy) is 2. The van der Waals surface area contributed by atoms with E-state index in [1.54, 1.807) is 12.6 Å². The van der Waals surface area contributed by atoms with E-state index in [2.05, 4.69) is 11.4 Å². The molecule has 18 heavy (non-hydrogen) atoms. The largest absolute Gasteiger partial charge is 0.489 e. The van der Waals surface area contributed by atoms with Crippen molar-refractivity contribution in [3.63, 3.8) is 0 Å².